The summed E-state index contributed by atoms with van der Waals surface area (Å²) in [5.74, 6) is -0.780. The van der Waals surface area contributed by atoms with E-state index >= 15 is 0 Å². The molecule has 0 spiro atoms. The fraction of sp³-hybridized carbons (Fsp3) is 0.364. The standard InChI is InChI=1S/C11H13FO2/c12-9-11(13)14-8-4-7-10-5-2-1-3-6-10/h1-3,5-6H,4,7-9H2. The van der Waals surface area contributed by atoms with E-state index in [9.17, 15) is 9.18 Å². The van der Waals surface area contributed by atoms with Gasteiger partial charge in [0.2, 0.25) is 0 Å². The maximum atomic E-state index is 11.7. The Morgan fingerprint density at radius 3 is 2.64 bits per heavy atom. The number of hydrogen-bond donors (Lipinski definition) is 0. The van der Waals surface area contributed by atoms with Crippen molar-refractivity contribution in [2.75, 3.05) is 13.3 Å². The SMILES string of the molecule is O=C(CF)OCCCc1ccccc1. The quantitative estimate of drug-likeness (QED) is 0.532. The minimum absolute atomic E-state index is 0.289. The topological polar surface area (TPSA) is 26.3 Å². The summed E-state index contributed by atoms with van der Waals surface area (Å²) >= 11 is 0. The number of aryl methyl sites for hydroxylation is 1. The van der Waals surface area contributed by atoms with Crippen molar-refractivity contribution < 1.29 is 13.9 Å². The summed E-state index contributed by atoms with van der Waals surface area (Å²) in [6.07, 6.45) is 1.58. The maximum absolute atomic E-state index is 11.7. The molecule has 1 aromatic carbocycles. The van der Waals surface area contributed by atoms with E-state index in [0.29, 0.717) is 0 Å². The van der Waals surface area contributed by atoms with E-state index in [2.05, 4.69) is 4.74 Å². The molecule has 0 N–H and O–H groups in total. The molecule has 0 heterocycles. The van der Waals surface area contributed by atoms with Crippen molar-refractivity contribution in [1.29, 1.82) is 0 Å². The average Bonchev–Trinajstić information content (AvgIpc) is 2.25. The first-order valence-corrected chi connectivity index (χ1v) is 4.58. The van der Waals surface area contributed by atoms with Gasteiger partial charge in [-0.25, -0.2) is 9.18 Å². The monoisotopic (exact) mass is 196 g/mol. The van der Waals surface area contributed by atoms with Gasteiger partial charge in [-0.05, 0) is 18.4 Å². The van der Waals surface area contributed by atoms with Crippen molar-refractivity contribution >= 4 is 5.97 Å². The normalized spacial score (nSPS) is 9.79. The van der Waals surface area contributed by atoms with E-state index in [1.54, 1.807) is 0 Å². The van der Waals surface area contributed by atoms with Crippen LogP contribution in [0.4, 0.5) is 4.39 Å². The Morgan fingerprint density at radius 1 is 1.29 bits per heavy atom. The zero-order chi connectivity index (χ0) is 10.2. The van der Waals surface area contributed by atoms with Gasteiger partial charge in [0.1, 0.15) is 0 Å². The molecule has 76 valence electrons. The maximum Gasteiger partial charge on any atom is 0.337 e. The van der Waals surface area contributed by atoms with E-state index in [0.717, 1.165) is 12.8 Å². The molecule has 3 heteroatoms. The summed E-state index contributed by atoms with van der Waals surface area (Å²) in [6.45, 7) is -0.747. The van der Waals surface area contributed by atoms with E-state index in [1.807, 2.05) is 30.3 Å². The van der Waals surface area contributed by atoms with Gasteiger partial charge in [-0.3, -0.25) is 0 Å². The third kappa shape index (κ3) is 4.03. The van der Waals surface area contributed by atoms with Gasteiger partial charge >= 0.3 is 5.97 Å². The number of benzene rings is 1. The highest BCUT2D eigenvalue weighted by Gasteiger charge is 1.99. The van der Waals surface area contributed by atoms with Gasteiger partial charge in [-0.1, -0.05) is 30.3 Å². The number of halogens is 1. The highest BCUT2D eigenvalue weighted by molar-refractivity contribution is 5.70. The number of alkyl halides is 1. The average molecular weight is 196 g/mol. The van der Waals surface area contributed by atoms with Crippen molar-refractivity contribution in [3.05, 3.63) is 35.9 Å². The van der Waals surface area contributed by atoms with Crippen LogP contribution in [0.15, 0.2) is 30.3 Å². The van der Waals surface area contributed by atoms with Crippen molar-refractivity contribution in [3.63, 3.8) is 0 Å². The van der Waals surface area contributed by atoms with Gasteiger partial charge in [0.15, 0.2) is 6.67 Å². The first-order valence-electron chi connectivity index (χ1n) is 4.58. The van der Waals surface area contributed by atoms with Crippen LogP contribution in [0.3, 0.4) is 0 Å². The molecule has 2 nitrogen and oxygen atoms in total. The molecule has 0 unspecified atom stereocenters. The molecule has 0 aliphatic rings. The molecule has 0 aromatic heterocycles. The molecule has 1 aromatic rings. The van der Waals surface area contributed by atoms with Crippen LogP contribution in [0.1, 0.15) is 12.0 Å². The predicted molar refractivity (Wildman–Crippen MR) is 51.7 cm³/mol. The zero-order valence-electron chi connectivity index (χ0n) is 7.91. The highest BCUT2D eigenvalue weighted by Crippen LogP contribution is 2.02. The second-order valence-corrected chi connectivity index (χ2v) is 2.94. The number of carbonyl (C=O) groups is 1. The van der Waals surface area contributed by atoms with Gasteiger partial charge in [-0.15, -0.1) is 0 Å². The van der Waals surface area contributed by atoms with Crippen LogP contribution in [-0.4, -0.2) is 19.3 Å². The molecular weight excluding hydrogens is 183 g/mol. The van der Waals surface area contributed by atoms with Crippen LogP contribution in [0.5, 0.6) is 0 Å². The summed E-state index contributed by atoms with van der Waals surface area (Å²) in [7, 11) is 0. The van der Waals surface area contributed by atoms with Crippen molar-refractivity contribution in [3.8, 4) is 0 Å². The number of esters is 1. The Bertz CT molecular complexity index is 272. The van der Waals surface area contributed by atoms with E-state index < -0.39 is 12.6 Å². The molecule has 0 fully saturated rings. The number of carbonyl (C=O) groups excluding carboxylic acids is 1. The molecular formula is C11H13FO2. The second-order valence-electron chi connectivity index (χ2n) is 2.94. The minimum Gasteiger partial charge on any atom is -0.464 e. The number of ether oxygens (including phenoxy) is 1. The van der Waals surface area contributed by atoms with E-state index in [4.69, 9.17) is 0 Å². The number of hydrogen-bond acceptors (Lipinski definition) is 2. The summed E-state index contributed by atoms with van der Waals surface area (Å²) in [5, 5.41) is 0. The Morgan fingerprint density at radius 2 is 2.00 bits per heavy atom. The molecule has 0 radical (unpaired) electrons. The van der Waals surface area contributed by atoms with Gasteiger partial charge < -0.3 is 4.74 Å². The van der Waals surface area contributed by atoms with Crippen LogP contribution in [0, 0.1) is 0 Å². The first kappa shape index (κ1) is 10.7. The molecule has 0 amide bonds. The molecule has 0 atom stereocenters. The third-order valence-electron chi connectivity index (χ3n) is 1.82. The largest absolute Gasteiger partial charge is 0.464 e. The van der Waals surface area contributed by atoms with Gasteiger partial charge in [-0.2, -0.15) is 0 Å². The molecule has 0 bridgehead atoms. The number of rotatable bonds is 5. The smallest absolute Gasteiger partial charge is 0.337 e. The second kappa shape index (κ2) is 6.13. The lowest BCUT2D eigenvalue weighted by Gasteiger charge is -2.02. The molecule has 0 aliphatic heterocycles. The lowest BCUT2D eigenvalue weighted by molar-refractivity contribution is -0.144. The summed E-state index contributed by atoms with van der Waals surface area (Å²) in [4.78, 5) is 10.4. The molecule has 0 saturated heterocycles. The van der Waals surface area contributed by atoms with Crippen LogP contribution in [0.25, 0.3) is 0 Å². The summed E-state index contributed by atoms with van der Waals surface area (Å²) in [6, 6.07) is 9.90. The van der Waals surface area contributed by atoms with Crippen LogP contribution < -0.4 is 0 Å². The molecule has 0 aliphatic carbocycles. The minimum atomic E-state index is -1.04. The third-order valence-corrected chi connectivity index (χ3v) is 1.82. The van der Waals surface area contributed by atoms with Crippen molar-refractivity contribution in [2.24, 2.45) is 0 Å². The lowest BCUT2D eigenvalue weighted by atomic mass is 10.1. The van der Waals surface area contributed by atoms with Crippen LogP contribution >= 0.6 is 0 Å². The summed E-state index contributed by atoms with van der Waals surface area (Å²) in [5.41, 5.74) is 1.20. The predicted octanol–water partition coefficient (Wildman–Crippen LogP) is 2.13. The highest BCUT2D eigenvalue weighted by atomic mass is 19.1. The van der Waals surface area contributed by atoms with Gasteiger partial charge in [0.25, 0.3) is 0 Å². The summed E-state index contributed by atoms with van der Waals surface area (Å²) < 4.78 is 16.3. The van der Waals surface area contributed by atoms with E-state index in [1.165, 1.54) is 5.56 Å². The van der Waals surface area contributed by atoms with Gasteiger partial charge in [0, 0.05) is 0 Å². The molecule has 1 rings (SSSR count). The Labute approximate surface area is 82.7 Å². The molecule has 14 heavy (non-hydrogen) atoms. The fourth-order valence-electron chi connectivity index (χ4n) is 1.15. The van der Waals surface area contributed by atoms with Crippen molar-refractivity contribution in [1.82, 2.24) is 0 Å². The van der Waals surface area contributed by atoms with Crippen LogP contribution in [0.2, 0.25) is 0 Å². The van der Waals surface area contributed by atoms with Crippen LogP contribution in [-0.2, 0) is 16.0 Å². The van der Waals surface area contributed by atoms with Crippen molar-refractivity contribution in [2.45, 2.75) is 12.8 Å². The Hall–Kier alpha value is -1.38. The zero-order valence-corrected chi connectivity index (χ0v) is 7.91. The fourth-order valence-corrected chi connectivity index (χ4v) is 1.15. The first-order chi connectivity index (χ1) is 6.83. The Balaban J connectivity index is 2.13. The Kier molecular flexibility index (Phi) is 4.69. The molecule has 0 saturated carbocycles. The van der Waals surface area contributed by atoms with Gasteiger partial charge in [0.05, 0.1) is 6.61 Å². The lowest BCUT2D eigenvalue weighted by Crippen LogP contribution is -2.07. The van der Waals surface area contributed by atoms with E-state index in [-0.39, 0.29) is 6.61 Å².